The normalized spacial score (nSPS) is 11.7. The summed E-state index contributed by atoms with van der Waals surface area (Å²) in [5.74, 6) is -0.500. The Bertz CT molecular complexity index is 421. The van der Waals surface area contributed by atoms with Gasteiger partial charge < -0.3 is 0 Å². The van der Waals surface area contributed by atoms with Gasteiger partial charge in [0.25, 0.3) is 5.91 Å². The second-order valence-electron chi connectivity index (χ2n) is 3.70. The summed E-state index contributed by atoms with van der Waals surface area (Å²) >= 11 is 1.47. The topological polar surface area (TPSA) is 58.2 Å². The van der Waals surface area contributed by atoms with E-state index in [1.165, 1.54) is 18.7 Å². The quantitative estimate of drug-likeness (QED) is 0.635. The molecule has 0 bridgehead atoms. The predicted molar refractivity (Wildman–Crippen MR) is 68.5 cm³/mol. The zero-order valence-corrected chi connectivity index (χ0v) is 10.9. The summed E-state index contributed by atoms with van der Waals surface area (Å²) in [4.78, 5) is 23.3. The van der Waals surface area contributed by atoms with Crippen LogP contribution in [0.15, 0.2) is 29.2 Å². The molecule has 1 aromatic rings. The zero-order chi connectivity index (χ0) is 12.8. The highest BCUT2D eigenvalue weighted by atomic mass is 32.2. The minimum Gasteiger partial charge on any atom is -0.274 e. The number of hydrogen-bond acceptors (Lipinski definition) is 3. The fourth-order valence-corrected chi connectivity index (χ4v) is 2.14. The highest BCUT2D eigenvalue weighted by Gasteiger charge is 2.15. The van der Waals surface area contributed by atoms with E-state index in [0.29, 0.717) is 0 Å². The number of hydrogen-bond donors (Lipinski definition) is 2. The van der Waals surface area contributed by atoms with Gasteiger partial charge in [-0.15, -0.1) is 11.8 Å². The summed E-state index contributed by atoms with van der Waals surface area (Å²) in [5.41, 5.74) is 5.77. The van der Waals surface area contributed by atoms with Crippen molar-refractivity contribution in [2.45, 2.75) is 30.9 Å². The maximum Gasteiger partial charge on any atom is 0.251 e. The van der Waals surface area contributed by atoms with Crippen LogP contribution in [-0.4, -0.2) is 17.1 Å². The van der Waals surface area contributed by atoms with Crippen molar-refractivity contribution in [3.63, 3.8) is 0 Å². The van der Waals surface area contributed by atoms with Crippen LogP contribution < -0.4 is 10.9 Å². The molecule has 0 aromatic heterocycles. The predicted octanol–water partition coefficient (Wildman–Crippen LogP) is 1.64. The first-order valence-electron chi connectivity index (χ1n) is 5.29. The molecule has 1 aromatic carbocycles. The molecule has 0 radical (unpaired) electrons. The van der Waals surface area contributed by atoms with Crippen LogP contribution in [0.5, 0.6) is 0 Å². The molecule has 0 unspecified atom stereocenters. The zero-order valence-electron chi connectivity index (χ0n) is 10.1. The Hall–Kier alpha value is -1.49. The molecule has 0 aliphatic heterocycles. The van der Waals surface area contributed by atoms with Crippen molar-refractivity contribution in [1.29, 1.82) is 0 Å². The standard InChI is InChI=1S/C12H16N2O2S/c1-8-6-4-5-7-11(8)17-9(2)12(16)14-13-10(3)15/h4-7,9H,1-3H3,(H,13,15)(H,14,16)/t9-/m1/s1. The van der Waals surface area contributed by atoms with E-state index in [1.54, 1.807) is 6.92 Å². The number of thioether (sulfide) groups is 1. The third kappa shape index (κ3) is 4.48. The number of nitrogens with one attached hydrogen (secondary N) is 2. The van der Waals surface area contributed by atoms with Gasteiger partial charge in [-0.05, 0) is 25.5 Å². The Morgan fingerprint density at radius 1 is 1.24 bits per heavy atom. The van der Waals surface area contributed by atoms with Crippen LogP contribution in [0.25, 0.3) is 0 Å². The van der Waals surface area contributed by atoms with Crippen molar-refractivity contribution in [1.82, 2.24) is 10.9 Å². The average molecular weight is 252 g/mol. The van der Waals surface area contributed by atoms with Gasteiger partial charge in [-0.1, -0.05) is 18.2 Å². The van der Waals surface area contributed by atoms with Gasteiger partial charge in [-0.2, -0.15) is 0 Å². The average Bonchev–Trinajstić information content (AvgIpc) is 2.28. The summed E-state index contributed by atoms with van der Waals surface area (Å²) in [6.45, 7) is 5.15. The van der Waals surface area contributed by atoms with E-state index < -0.39 is 0 Å². The largest absolute Gasteiger partial charge is 0.274 e. The van der Waals surface area contributed by atoms with E-state index >= 15 is 0 Å². The Morgan fingerprint density at radius 2 is 1.88 bits per heavy atom. The molecule has 92 valence electrons. The number of amides is 2. The number of hydrazine groups is 1. The molecule has 5 heteroatoms. The molecule has 1 atom stereocenters. The lowest BCUT2D eigenvalue weighted by atomic mass is 10.2. The molecule has 0 spiro atoms. The molecule has 2 amide bonds. The Labute approximate surface area is 105 Å². The van der Waals surface area contributed by atoms with Gasteiger partial charge in [-0.25, -0.2) is 0 Å². The first-order valence-corrected chi connectivity index (χ1v) is 6.17. The van der Waals surface area contributed by atoms with E-state index in [2.05, 4.69) is 10.9 Å². The lowest BCUT2D eigenvalue weighted by Gasteiger charge is -2.13. The first kappa shape index (κ1) is 13.6. The molecule has 0 aliphatic rings. The highest BCUT2D eigenvalue weighted by molar-refractivity contribution is 8.00. The smallest absolute Gasteiger partial charge is 0.251 e. The van der Waals surface area contributed by atoms with Gasteiger partial charge in [0.05, 0.1) is 5.25 Å². The van der Waals surface area contributed by atoms with Gasteiger partial charge in [0.15, 0.2) is 0 Å². The molecule has 1 rings (SSSR count). The van der Waals surface area contributed by atoms with Gasteiger partial charge in [0, 0.05) is 11.8 Å². The van der Waals surface area contributed by atoms with Crippen molar-refractivity contribution in [3.8, 4) is 0 Å². The second-order valence-corrected chi connectivity index (χ2v) is 5.08. The van der Waals surface area contributed by atoms with Crippen molar-refractivity contribution in [2.24, 2.45) is 0 Å². The lowest BCUT2D eigenvalue weighted by molar-refractivity contribution is -0.127. The van der Waals surface area contributed by atoms with Crippen molar-refractivity contribution >= 4 is 23.6 Å². The molecular formula is C12H16N2O2S. The summed E-state index contributed by atoms with van der Waals surface area (Å²) in [7, 11) is 0. The summed E-state index contributed by atoms with van der Waals surface area (Å²) in [6.07, 6.45) is 0. The highest BCUT2D eigenvalue weighted by Crippen LogP contribution is 2.26. The first-order chi connectivity index (χ1) is 8.00. The van der Waals surface area contributed by atoms with Crippen molar-refractivity contribution in [2.75, 3.05) is 0 Å². The summed E-state index contributed by atoms with van der Waals surface area (Å²) in [5, 5.41) is -0.261. The maximum absolute atomic E-state index is 11.6. The molecule has 0 fully saturated rings. The van der Waals surface area contributed by atoms with Gasteiger partial charge in [0.1, 0.15) is 0 Å². The number of rotatable bonds is 3. The molecule has 0 aliphatic carbocycles. The number of carbonyl (C=O) groups is 2. The van der Waals surface area contributed by atoms with Crippen LogP contribution in [0.3, 0.4) is 0 Å². The molecular weight excluding hydrogens is 236 g/mol. The third-order valence-electron chi connectivity index (χ3n) is 2.13. The minimum absolute atomic E-state index is 0.214. The SMILES string of the molecule is CC(=O)NNC(=O)[C@@H](C)Sc1ccccc1C. The second kappa shape index (κ2) is 6.30. The number of aryl methyl sites for hydroxylation is 1. The molecule has 4 nitrogen and oxygen atoms in total. The van der Waals surface area contributed by atoms with Gasteiger partial charge in [0.2, 0.25) is 5.91 Å². The molecule has 17 heavy (non-hydrogen) atoms. The van der Waals surface area contributed by atoms with Gasteiger partial charge >= 0.3 is 0 Å². The lowest BCUT2D eigenvalue weighted by Crippen LogP contribution is -2.43. The monoisotopic (exact) mass is 252 g/mol. The maximum atomic E-state index is 11.6. The number of carbonyl (C=O) groups excluding carboxylic acids is 2. The van der Waals surface area contributed by atoms with Crippen LogP contribution in [-0.2, 0) is 9.59 Å². The van der Waals surface area contributed by atoms with Crippen LogP contribution >= 0.6 is 11.8 Å². The van der Waals surface area contributed by atoms with Crippen LogP contribution in [0.2, 0.25) is 0 Å². The van der Waals surface area contributed by atoms with E-state index in [0.717, 1.165) is 10.5 Å². The fraction of sp³-hybridized carbons (Fsp3) is 0.333. The summed E-state index contributed by atoms with van der Waals surface area (Å²) in [6, 6.07) is 7.87. The minimum atomic E-state index is -0.286. The molecule has 0 saturated heterocycles. The van der Waals surface area contributed by atoms with Gasteiger partial charge in [-0.3, -0.25) is 20.4 Å². The Kier molecular flexibility index (Phi) is 5.03. The number of benzene rings is 1. The Balaban J connectivity index is 2.54. The van der Waals surface area contributed by atoms with Crippen LogP contribution in [0.4, 0.5) is 0 Å². The molecule has 0 saturated carbocycles. The fourth-order valence-electron chi connectivity index (χ4n) is 1.18. The molecule has 2 N–H and O–H groups in total. The van der Waals surface area contributed by atoms with E-state index in [1.807, 2.05) is 31.2 Å². The van der Waals surface area contributed by atoms with Crippen molar-refractivity contribution in [3.05, 3.63) is 29.8 Å². The van der Waals surface area contributed by atoms with Crippen LogP contribution in [0.1, 0.15) is 19.4 Å². The third-order valence-corrected chi connectivity index (χ3v) is 3.41. The van der Waals surface area contributed by atoms with Crippen molar-refractivity contribution < 1.29 is 9.59 Å². The van der Waals surface area contributed by atoms with E-state index in [9.17, 15) is 9.59 Å². The Morgan fingerprint density at radius 3 is 2.47 bits per heavy atom. The van der Waals surface area contributed by atoms with E-state index in [4.69, 9.17) is 0 Å². The van der Waals surface area contributed by atoms with E-state index in [-0.39, 0.29) is 17.1 Å². The summed E-state index contributed by atoms with van der Waals surface area (Å²) < 4.78 is 0. The van der Waals surface area contributed by atoms with Crippen LogP contribution in [0, 0.1) is 6.92 Å². The molecule has 0 heterocycles.